The Bertz CT molecular complexity index is 975. The molecule has 2 aromatic rings. The number of nitrogens with zero attached hydrogens (tertiary/aromatic N) is 1. The van der Waals surface area contributed by atoms with Crippen LogP contribution in [0.3, 0.4) is 0 Å². The molecule has 2 amide bonds. The van der Waals surface area contributed by atoms with E-state index in [2.05, 4.69) is 5.32 Å². The Balaban J connectivity index is 1.96. The third-order valence-electron chi connectivity index (χ3n) is 5.45. The molecule has 1 aliphatic heterocycles. The second-order valence-corrected chi connectivity index (χ2v) is 7.81. The first kappa shape index (κ1) is 24.4. The largest absolute Gasteiger partial charge is 0.465 e. The fourth-order valence-electron chi connectivity index (χ4n) is 3.95. The van der Waals surface area contributed by atoms with Gasteiger partial charge in [0.05, 0.1) is 11.1 Å². The van der Waals surface area contributed by atoms with Crippen molar-refractivity contribution in [3.8, 4) is 0 Å². The van der Waals surface area contributed by atoms with Crippen LogP contribution in [-0.4, -0.2) is 40.6 Å². The predicted octanol–water partition coefficient (Wildman–Crippen LogP) is 5.21. The molecule has 0 radical (unpaired) electrons. The van der Waals surface area contributed by atoms with E-state index in [1.807, 2.05) is 0 Å². The van der Waals surface area contributed by atoms with E-state index in [1.54, 1.807) is 30.3 Å². The Kier molecular flexibility index (Phi) is 6.89. The second-order valence-electron chi connectivity index (χ2n) is 7.81. The van der Waals surface area contributed by atoms with Crippen molar-refractivity contribution < 1.29 is 41.0 Å². The average molecular weight is 474 g/mol. The Labute approximate surface area is 185 Å². The van der Waals surface area contributed by atoms with Gasteiger partial charge < -0.3 is 15.3 Å². The molecule has 0 aliphatic carbocycles. The number of hydrogen-bond donors (Lipinski definition) is 2. The molecule has 2 N–H and O–H groups in total. The van der Waals surface area contributed by atoms with Gasteiger partial charge in [0.15, 0.2) is 0 Å². The van der Waals surface area contributed by atoms with E-state index >= 15 is 0 Å². The lowest BCUT2D eigenvalue weighted by Crippen LogP contribution is -2.52. The highest BCUT2D eigenvalue weighted by Gasteiger charge is 2.39. The predicted molar refractivity (Wildman–Crippen MR) is 106 cm³/mol. The fourth-order valence-corrected chi connectivity index (χ4v) is 3.95. The van der Waals surface area contributed by atoms with E-state index in [9.17, 15) is 35.9 Å². The Morgan fingerprint density at radius 1 is 0.970 bits per heavy atom. The number of hydrogen-bond acceptors (Lipinski definition) is 2. The number of piperidine rings is 1. The van der Waals surface area contributed by atoms with Crippen LogP contribution < -0.4 is 5.32 Å². The lowest BCUT2D eigenvalue weighted by molar-refractivity contribution is -0.143. The topological polar surface area (TPSA) is 69.6 Å². The minimum Gasteiger partial charge on any atom is -0.465 e. The molecule has 3 rings (SSSR count). The first-order chi connectivity index (χ1) is 15.3. The van der Waals surface area contributed by atoms with Crippen LogP contribution in [0.5, 0.6) is 0 Å². The van der Waals surface area contributed by atoms with Crippen LogP contribution in [-0.2, 0) is 18.8 Å². The quantitative estimate of drug-likeness (QED) is 0.598. The number of amides is 2. The highest BCUT2D eigenvalue weighted by molar-refractivity contribution is 5.95. The van der Waals surface area contributed by atoms with E-state index in [1.165, 1.54) is 4.90 Å². The van der Waals surface area contributed by atoms with Gasteiger partial charge in [-0.05, 0) is 43.0 Å². The van der Waals surface area contributed by atoms with Gasteiger partial charge in [0.1, 0.15) is 0 Å². The minimum absolute atomic E-state index is 0.0265. The highest BCUT2D eigenvalue weighted by Crippen LogP contribution is 2.37. The molecule has 0 spiro atoms. The van der Waals surface area contributed by atoms with Crippen molar-refractivity contribution in [2.75, 3.05) is 6.54 Å². The van der Waals surface area contributed by atoms with Crippen molar-refractivity contribution >= 4 is 12.0 Å². The van der Waals surface area contributed by atoms with Gasteiger partial charge in [0, 0.05) is 24.2 Å². The van der Waals surface area contributed by atoms with Crippen LogP contribution in [0.1, 0.15) is 39.9 Å². The highest BCUT2D eigenvalue weighted by atomic mass is 19.4. The molecule has 0 bridgehead atoms. The molecule has 0 unspecified atom stereocenters. The van der Waals surface area contributed by atoms with Crippen molar-refractivity contribution in [3.63, 3.8) is 0 Å². The van der Waals surface area contributed by atoms with Crippen molar-refractivity contribution in [2.24, 2.45) is 0 Å². The molecule has 2 aromatic carbocycles. The summed E-state index contributed by atoms with van der Waals surface area (Å²) < 4.78 is 79.3. The zero-order valence-corrected chi connectivity index (χ0v) is 17.1. The molecule has 0 aromatic heterocycles. The fraction of sp³-hybridized carbons (Fsp3) is 0.364. The number of nitrogens with one attached hydrogen (secondary N) is 1. The molecule has 5 nitrogen and oxygen atoms in total. The summed E-state index contributed by atoms with van der Waals surface area (Å²) in [6.45, 7) is -0.0289. The summed E-state index contributed by atoms with van der Waals surface area (Å²) in [4.78, 5) is 25.4. The summed E-state index contributed by atoms with van der Waals surface area (Å²) >= 11 is 0. The normalized spacial score (nSPS) is 19.3. The third kappa shape index (κ3) is 6.17. The molecule has 33 heavy (non-hydrogen) atoms. The minimum atomic E-state index is -5.07. The van der Waals surface area contributed by atoms with E-state index < -0.39 is 53.1 Å². The smallest absolute Gasteiger partial charge is 0.416 e. The third-order valence-corrected chi connectivity index (χ3v) is 5.45. The van der Waals surface area contributed by atoms with Gasteiger partial charge in [0.2, 0.25) is 0 Å². The molecule has 1 saturated heterocycles. The first-order valence-corrected chi connectivity index (χ1v) is 9.98. The second kappa shape index (κ2) is 9.32. The molecule has 2 atom stereocenters. The molecular weight excluding hydrogens is 454 g/mol. The first-order valence-electron chi connectivity index (χ1n) is 9.98. The Morgan fingerprint density at radius 2 is 1.55 bits per heavy atom. The molecule has 11 heteroatoms. The lowest BCUT2D eigenvalue weighted by Gasteiger charge is -2.40. The maximum absolute atomic E-state index is 13.2. The molecule has 0 saturated carbocycles. The van der Waals surface area contributed by atoms with Gasteiger partial charge in [-0.15, -0.1) is 0 Å². The SMILES string of the molecule is O=C(O)N[C@H]1CCN(C(=O)c2cc(C(F)(F)F)cc(C(F)(F)F)c2)[C@H](Cc2ccccc2)C1. The molecule has 178 valence electrons. The zero-order valence-electron chi connectivity index (χ0n) is 17.1. The maximum Gasteiger partial charge on any atom is 0.416 e. The van der Waals surface area contributed by atoms with E-state index in [0.717, 1.165) is 5.56 Å². The van der Waals surface area contributed by atoms with E-state index in [-0.39, 0.29) is 31.9 Å². The van der Waals surface area contributed by atoms with Gasteiger partial charge in [-0.2, -0.15) is 26.3 Å². The van der Waals surface area contributed by atoms with Crippen LogP contribution in [0.25, 0.3) is 0 Å². The van der Waals surface area contributed by atoms with Crippen molar-refractivity contribution in [1.29, 1.82) is 0 Å². The standard InChI is InChI=1S/C22H20F6N2O3/c23-21(24,25)15-9-14(10-16(11-15)22(26,27)28)19(31)30-7-6-17(29-20(32)33)12-18(30)8-13-4-2-1-3-5-13/h1-5,9-11,17-18,29H,6-8,12H2,(H,32,33)/t17-,18+/m0/s1. The maximum atomic E-state index is 13.2. The zero-order chi connectivity index (χ0) is 24.4. The summed E-state index contributed by atoms with van der Waals surface area (Å²) in [6.07, 6.45) is -10.8. The van der Waals surface area contributed by atoms with Crippen LogP contribution in [0.2, 0.25) is 0 Å². The number of likely N-dealkylation sites (tertiary alicyclic amines) is 1. The van der Waals surface area contributed by atoms with Gasteiger partial charge in [-0.1, -0.05) is 30.3 Å². The number of halogens is 6. The van der Waals surface area contributed by atoms with Gasteiger partial charge >= 0.3 is 18.4 Å². The molecule has 1 fully saturated rings. The van der Waals surface area contributed by atoms with Gasteiger partial charge in [-0.25, -0.2) is 4.79 Å². The van der Waals surface area contributed by atoms with Gasteiger partial charge in [0.25, 0.3) is 5.91 Å². The van der Waals surface area contributed by atoms with E-state index in [0.29, 0.717) is 12.1 Å². The lowest BCUT2D eigenvalue weighted by atomic mass is 9.91. The number of carbonyl (C=O) groups is 2. The molecular formula is C22H20F6N2O3. The van der Waals surface area contributed by atoms with Crippen LogP contribution in [0.4, 0.5) is 31.1 Å². The summed E-state index contributed by atoms with van der Waals surface area (Å²) in [5.74, 6) is -0.971. The summed E-state index contributed by atoms with van der Waals surface area (Å²) in [6, 6.07) is 8.47. The van der Waals surface area contributed by atoms with Crippen molar-refractivity contribution in [3.05, 3.63) is 70.8 Å². The average Bonchev–Trinajstić information content (AvgIpc) is 2.72. The number of carboxylic acid groups (broad SMARTS) is 1. The summed E-state index contributed by atoms with van der Waals surface area (Å²) in [7, 11) is 0. The van der Waals surface area contributed by atoms with E-state index in [4.69, 9.17) is 5.11 Å². The van der Waals surface area contributed by atoms with Crippen LogP contribution in [0.15, 0.2) is 48.5 Å². The molecule has 1 heterocycles. The number of carbonyl (C=O) groups excluding carboxylic acids is 1. The van der Waals surface area contributed by atoms with Crippen molar-refractivity contribution in [2.45, 2.75) is 43.7 Å². The summed E-state index contributed by atoms with van der Waals surface area (Å²) in [5, 5.41) is 11.3. The summed E-state index contributed by atoms with van der Waals surface area (Å²) in [5.41, 5.74) is -3.07. The number of rotatable bonds is 4. The van der Waals surface area contributed by atoms with Crippen LogP contribution >= 0.6 is 0 Å². The number of benzene rings is 2. The monoisotopic (exact) mass is 474 g/mol. The Hall–Kier alpha value is -3.24. The molecule has 1 aliphatic rings. The van der Waals surface area contributed by atoms with Crippen molar-refractivity contribution in [1.82, 2.24) is 10.2 Å². The van der Waals surface area contributed by atoms with Crippen LogP contribution in [0, 0.1) is 0 Å². The number of alkyl halides is 6. The van der Waals surface area contributed by atoms with Gasteiger partial charge in [-0.3, -0.25) is 4.79 Å². The Morgan fingerprint density at radius 3 is 2.06 bits per heavy atom.